The smallest absolute Gasteiger partial charge is 0.306 e. The summed E-state index contributed by atoms with van der Waals surface area (Å²) in [6, 6.07) is 0. The van der Waals surface area contributed by atoms with Crippen LogP contribution in [0, 0.1) is 0 Å². The van der Waals surface area contributed by atoms with Crippen molar-refractivity contribution in [1.82, 2.24) is 0 Å². The van der Waals surface area contributed by atoms with Gasteiger partial charge in [0, 0.05) is 19.3 Å². The molecule has 0 aromatic carbocycles. The van der Waals surface area contributed by atoms with Crippen LogP contribution in [0.25, 0.3) is 0 Å². The van der Waals surface area contributed by atoms with Crippen LogP contribution in [-0.2, 0) is 28.6 Å². The van der Waals surface area contributed by atoms with Crippen molar-refractivity contribution in [2.45, 2.75) is 226 Å². The number of carbonyl (C=O) groups is 3. The van der Waals surface area contributed by atoms with E-state index < -0.39 is 6.10 Å². The van der Waals surface area contributed by atoms with Crippen molar-refractivity contribution >= 4 is 17.9 Å². The summed E-state index contributed by atoms with van der Waals surface area (Å²) in [4.78, 5) is 37.8. The summed E-state index contributed by atoms with van der Waals surface area (Å²) in [6.45, 7) is 6.35. The molecule has 0 radical (unpaired) electrons. The summed E-state index contributed by atoms with van der Waals surface area (Å²) >= 11 is 0. The highest BCUT2D eigenvalue weighted by molar-refractivity contribution is 5.71. The molecule has 0 saturated carbocycles. The third-order valence-electron chi connectivity index (χ3n) is 10.1. The first-order chi connectivity index (χ1) is 29.5. The largest absolute Gasteiger partial charge is 0.462 e. The molecule has 0 spiro atoms. The van der Waals surface area contributed by atoms with Crippen LogP contribution in [0.1, 0.15) is 220 Å². The highest BCUT2D eigenvalue weighted by Crippen LogP contribution is 2.14. The minimum atomic E-state index is -0.794. The number of hydrogen-bond donors (Lipinski definition) is 0. The Morgan fingerprint density at radius 2 is 0.650 bits per heavy atom. The quantitative estimate of drug-likeness (QED) is 0.0263. The molecule has 6 heteroatoms. The number of allylic oxidation sites excluding steroid dienone is 14. The summed E-state index contributed by atoms with van der Waals surface area (Å²) < 4.78 is 16.7. The SMILES string of the molecule is CC/C=C\C/C=C\C/C=C\C/C=C\C/C=C\CCCCCC(=O)OCC(COC(=O)CCCCCCCCCCCCC)OC(=O)CCCCCCC/C=C\C/C=C\CC. The molecule has 60 heavy (non-hydrogen) atoms. The normalized spacial score (nSPS) is 12.8. The molecule has 0 aliphatic carbocycles. The van der Waals surface area contributed by atoms with Crippen LogP contribution in [0.4, 0.5) is 0 Å². The minimum absolute atomic E-state index is 0.0924. The fourth-order valence-corrected chi connectivity index (χ4v) is 6.50. The Balaban J connectivity index is 4.43. The zero-order valence-electron chi connectivity index (χ0n) is 38.9. The van der Waals surface area contributed by atoms with E-state index in [0.29, 0.717) is 19.3 Å². The Hall–Kier alpha value is -3.41. The third kappa shape index (κ3) is 45.7. The molecule has 0 N–H and O–H groups in total. The second kappa shape index (κ2) is 48.3. The maximum Gasteiger partial charge on any atom is 0.306 e. The molecule has 0 fully saturated rings. The van der Waals surface area contributed by atoms with Crippen molar-refractivity contribution in [3.05, 3.63) is 85.1 Å². The summed E-state index contributed by atoms with van der Waals surface area (Å²) in [7, 11) is 0. The van der Waals surface area contributed by atoms with Crippen LogP contribution in [0.15, 0.2) is 85.1 Å². The molecule has 1 unspecified atom stereocenters. The highest BCUT2D eigenvalue weighted by Gasteiger charge is 2.19. The molecule has 342 valence electrons. The van der Waals surface area contributed by atoms with Crippen LogP contribution in [-0.4, -0.2) is 37.2 Å². The first-order valence-corrected chi connectivity index (χ1v) is 24.6. The van der Waals surface area contributed by atoms with Crippen LogP contribution in [0.2, 0.25) is 0 Å². The topological polar surface area (TPSA) is 78.9 Å². The second-order valence-electron chi connectivity index (χ2n) is 16.0. The molecule has 0 heterocycles. The predicted octanol–water partition coefficient (Wildman–Crippen LogP) is 16.0. The van der Waals surface area contributed by atoms with Gasteiger partial charge in [-0.1, -0.05) is 196 Å². The van der Waals surface area contributed by atoms with Crippen molar-refractivity contribution in [3.8, 4) is 0 Å². The average molecular weight is 835 g/mol. The fraction of sp³-hybridized carbons (Fsp3) is 0.685. The molecule has 0 aliphatic rings. The molecule has 0 aliphatic heterocycles. The van der Waals surface area contributed by atoms with Gasteiger partial charge in [-0.15, -0.1) is 0 Å². The van der Waals surface area contributed by atoms with Crippen LogP contribution in [0.5, 0.6) is 0 Å². The number of ether oxygens (including phenoxy) is 3. The van der Waals surface area contributed by atoms with Gasteiger partial charge in [0.1, 0.15) is 13.2 Å². The Kier molecular flexibility index (Phi) is 45.5. The summed E-state index contributed by atoms with van der Waals surface area (Å²) in [5.74, 6) is -0.945. The molecule has 0 saturated heterocycles. The Labute approximate surface area is 369 Å². The number of rotatable bonds is 43. The number of hydrogen-bond acceptors (Lipinski definition) is 6. The van der Waals surface area contributed by atoms with Gasteiger partial charge in [-0.3, -0.25) is 14.4 Å². The Morgan fingerprint density at radius 3 is 1.03 bits per heavy atom. The standard InChI is InChI=1S/C54H90O6/c1-4-7-10-13-16-19-22-24-25-26-27-28-29-30-33-35-38-41-44-47-53(56)59-50-51(49-58-52(55)46-43-40-37-34-31-21-18-15-12-9-6-3)60-54(57)48-45-42-39-36-32-23-20-17-14-11-8-5-2/h7-8,10-11,16-17,19-20,24-25,27-28,30,33,51H,4-6,9,12-15,18,21-23,26,29,31-32,34-50H2,1-3H3/b10-7-,11-8-,19-16-,20-17-,25-24-,28-27-,33-30-. The molecular formula is C54H90O6. The van der Waals surface area contributed by atoms with E-state index in [-0.39, 0.29) is 31.1 Å². The molecule has 6 nitrogen and oxygen atoms in total. The second-order valence-corrected chi connectivity index (χ2v) is 16.0. The summed E-state index contributed by atoms with van der Waals surface area (Å²) in [5, 5.41) is 0. The third-order valence-corrected chi connectivity index (χ3v) is 10.1. The van der Waals surface area contributed by atoms with Crippen LogP contribution < -0.4 is 0 Å². The van der Waals surface area contributed by atoms with Crippen LogP contribution >= 0.6 is 0 Å². The minimum Gasteiger partial charge on any atom is -0.462 e. The predicted molar refractivity (Wildman–Crippen MR) is 256 cm³/mol. The average Bonchev–Trinajstić information content (AvgIpc) is 3.24. The number of unbranched alkanes of at least 4 members (excludes halogenated alkanes) is 18. The molecule has 0 bridgehead atoms. The van der Waals surface area contributed by atoms with Crippen molar-refractivity contribution in [2.75, 3.05) is 13.2 Å². The first-order valence-electron chi connectivity index (χ1n) is 24.6. The van der Waals surface area contributed by atoms with E-state index in [4.69, 9.17) is 14.2 Å². The maximum atomic E-state index is 12.7. The van der Waals surface area contributed by atoms with E-state index in [1.807, 2.05) is 0 Å². The lowest BCUT2D eigenvalue weighted by molar-refractivity contribution is -0.167. The number of carbonyl (C=O) groups excluding carboxylic acids is 3. The molecule has 0 amide bonds. The highest BCUT2D eigenvalue weighted by atomic mass is 16.6. The lowest BCUT2D eigenvalue weighted by Crippen LogP contribution is -2.30. The van der Waals surface area contributed by atoms with Gasteiger partial charge >= 0.3 is 17.9 Å². The van der Waals surface area contributed by atoms with Gasteiger partial charge in [-0.25, -0.2) is 0 Å². The van der Waals surface area contributed by atoms with E-state index in [9.17, 15) is 14.4 Å². The first kappa shape index (κ1) is 56.6. The van der Waals surface area contributed by atoms with Gasteiger partial charge in [0.2, 0.25) is 0 Å². The van der Waals surface area contributed by atoms with Gasteiger partial charge in [-0.2, -0.15) is 0 Å². The van der Waals surface area contributed by atoms with Gasteiger partial charge in [0.15, 0.2) is 6.10 Å². The monoisotopic (exact) mass is 835 g/mol. The Morgan fingerprint density at radius 1 is 0.350 bits per heavy atom. The maximum absolute atomic E-state index is 12.7. The van der Waals surface area contributed by atoms with E-state index in [2.05, 4.69) is 106 Å². The van der Waals surface area contributed by atoms with Crippen molar-refractivity contribution in [3.63, 3.8) is 0 Å². The van der Waals surface area contributed by atoms with E-state index in [1.54, 1.807) is 0 Å². The molecule has 0 rings (SSSR count). The van der Waals surface area contributed by atoms with E-state index in [0.717, 1.165) is 128 Å². The Bertz CT molecular complexity index is 1190. The molecule has 0 aromatic rings. The zero-order chi connectivity index (χ0) is 43.7. The van der Waals surface area contributed by atoms with Gasteiger partial charge < -0.3 is 14.2 Å². The van der Waals surface area contributed by atoms with Crippen LogP contribution in [0.3, 0.4) is 0 Å². The van der Waals surface area contributed by atoms with E-state index in [1.165, 1.54) is 51.4 Å². The molecule has 0 aromatic heterocycles. The lowest BCUT2D eigenvalue weighted by atomic mass is 10.1. The zero-order valence-corrected chi connectivity index (χ0v) is 38.9. The van der Waals surface area contributed by atoms with Gasteiger partial charge in [0.05, 0.1) is 0 Å². The number of esters is 3. The van der Waals surface area contributed by atoms with E-state index >= 15 is 0 Å². The molecular weight excluding hydrogens is 745 g/mol. The van der Waals surface area contributed by atoms with Gasteiger partial charge in [0.25, 0.3) is 0 Å². The summed E-state index contributed by atoms with van der Waals surface area (Å²) in [5.41, 5.74) is 0. The summed E-state index contributed by atoms with van der Waals surface area (Å²) in [6.07, 6.45) is 61.4. The lowest BCUT2D eigenvalue weighted by Gasteiger charge is -2.18. The molecule has 1 atom stereocenters. The van der Waals surface area contributed by atoms with Crippen molar-refractivity contribution in [2.24, 2.45) is 0 Å². The van der Waals surface area contributed by atoms with Gasteiger partial charge in [-0.05, 0) is 89.9 Å². The van der Waals surface area contributed by atoms with Crippen molar-refractivity contribution < 1.29 is 28.6 Å². The van der Waals surface area contributed by atoms with Crippen molar-refractivity contribution in [1.29, 1.82) is 0 Å². The fourth-order valence-electron chi connectivity index (χ4n) is 6.50.